The Kier molecular flexibility index (Phi) is 7.27. The van der Waals surface area contributed by atoms with Gasteiger partial charge in [-0.1, -0.05) is 60.7 Å². The first kappa shape index (κ1) is 20.8. The van der Waals surface area contributed by atoms with Crippen LogP contribution < -0.4 is 0 Å². The van der Waals surface area contributed by atoms with Gasteiger partial charge in [-0.2, -0.15) is 0 Å². The second-order valence-electron chi connectivity index (χ2n) is 8.26. The van der Waals surface area contributed by atoms with Gasteiger partial charge < -0.3 is 9.30 Å². The molecule has 1 heterocycles. The summed E-state index contributed by atoms with van der Waals surface area (Å²) in [6, 6.07) is 22.3. The Morgan fingerprint density at radius 2 is 1.50 bits per heavy atom. The van der Waals surface area contributed by atoms with Crippen LogP contribution in [0.25, 0.3) is 0 Å². The summed E-state index contributed by atoms with van der Waals surface area (Å²) in [6.07, 6.45) is 6.56. The van der Waals surface area contributed by atoms with Crippen LogP contribution in [0.3, 0.4) is 0 Å². The molecule has 0 saturated heterocycles. The lowest BCUT2D eigenvalue weighted by Crippen LogP contribution is -2.37. The Hall–Kier alpha value is -2.50. The van der Waals surface area contributed by atoms with Crippen LogP contribution in [0.1, 0.15) is 48.6 Å². The fourth-order valence-corrected chi connectivity index (χ4v) is 4.59. The minimum absolute atomic E-state index is 0.496. The molecule has 2 aromatic carbocycles. The van der Waals surface area contributed by atoms with Gasteiger partial charge in [-0.25, -0.2) is 0 Å². The van der Waals surface area contributed by atoms with Crippen molar-refractivity contribution >= 4 is 0 Å². The maximum Gasteiger partial charge on any atom is 0.135 e. The van der Waals surface area contributed by atoms with Gasteiger partial charge in [0.25, 0.3) is 0 Å². The van der Waals surface area contributed by atoms with Gasteiger partial charge >= 0.3 is 0 Å². The first-order valence-electron chi connectivity index (χ1n) is 11.0. The molecule has 0 bridgehead atoms. The number of benzene rings is 2. The Labute approximate surface area is 179 Å². The van der Waals surface area contributed by atoms with Crippen LogP contribution in [-0.4, -0.2) is 39.4 Å². The van der Waals surface area contributed by atoms with Crippen LogP contribution >= 0.6 is 0 Å². The molecule has 30 heavy (non-hydrogen) atoms. The largest absolute Gasteiger partial charge is 0.383 e. The second-order valence-corrected chi connectivity index (χ2v) is 8.26. The zero-order chi connectivity index (χ0) is 20.6. The molecule has 1 aromatic heterocycles. The minimum Gasteiger partial charge on any atom is -0.383 e. The quantitative estimate of drug-likeness (QED) is 0.521. The molecule has 4 rings (SSSR count). The minimum atomic E-state index is 0.496. The van der Waals surface area contributed by atoms with E-state index in [-0.39, 0.29) is 0 Å². The summed E-state index contributed by atoms with van der Waals surface area (Å²) in [5, 5.41) is 8.60. The van der Waals surface area contributed by atoms with Crippen molar-refractivity contribution in [2.24, 2.45) is 0 Å². The number of hydrogen-bond acceptors (Lipinski definition) is 4. The highest BCUT2D eigenvalue weighted by atomic mass is 16.5. The third-order valence-corrected chi connectivity index (χ3v) is 6.22. The van der Waals surface area contributed by atoms with Crippen molar-refractivity contribution in [2.75, 3.05) is 13.7 Å². The average molecular weight is 405 g/mol. The van der Waals surface area contributed by atoms with Crippen molar-refractivity contribution in [1.29, 1.82) is 0 Å². The lowest BCUT2D eigenvalue weighted by Gasteiger charge is -2.37. The molecular formula is C25H32N4O. The van der Waals surface area contributed by atoms with Gasteiger partial charge in [-0.05, 0) is 36.8 Å². The molecule has 1 aliphatic carbocycles. The Morgan fingerprint density at radius 1 is 0.900 bits per heavy atom. The highest BCUT2D eigenvalue weighted by Crippen LogP contribution is 2.35. The summed E-state index contributed by atoms with van der Waals surface area (Å²) in [4.78, 5) is 2.66. The van der Waals surface area contributed by atoms with Gasteiger partial charge in [0.1, 0.15) is 12.2 Å². The summed E-state index contributed by atoms with van der Waals surface area (Å²) in [5.41, 5.74) is 2.77. The predicted octanol–water partition coefficient (Wildman–Crippen LogP) is 4.65. The van der Waals surface area contributed by atoms with E-state index in [0.29, 0.717) is 18.6 Å². The van der Waals surface area contributed by atoms with Crippen LogP contribution in [0.15, 0.2) is 67.0 Å². The van der Waals surface area contributed by atoms with Crippen molar-refractivity contribution < 1.29 is 4.74 Å². The van der Waals surface area contributed by atoms with E-state index in [1.165, 1.54) is 24.0 Å². The fourth-order valence-electron chi connectivity index (χ4n) is 4.59. The molecule has 0 N–H and O–H groups in total. The van der Waals surface area contributed by atoms with Crippen LogP contribution in [0.5, 0.6) is 0 Å². The molecule has 0 amide bonds. The van der Waals surface area contributed by atoms with E-state index in [2.05, 4.69) is 80.3 Å². The van der Waals surface area contributed by atoms with E-state index in [4.69, 9.17) is 4.74 Å². The van der Waals surface area contributed by atoms with E-state index in [1.54, 1.807) is 7.11 Å². The number of methoxy groups -OCH3 is 1. The molecule has 1 fully saturated rings. The van der Waals surface area contributed by atoms with Crippen molar-refractivity contribution in [3.05, 3.63) is 83.9 Å². The van der Waals surface area contributed by atoms with Crippen LogP contribution in [0, 0.1) is 0 Å². The van der Waals surface area contributed by atoms with E-state index < -0.39 is 0 Å². The Morgan fingerprint density at radius 3 is 2.07 bits per heavy atom. The second kappa shape index (κ2) is 10.5. The summed E-state index contributed by atoms with van der Waals surface area (Å²) < 4.78 is 7.40. The number of nitrogens with zero attached hydrogens (tertiary/aromatic N) is 4. The van der Waals surface area contributed by atoms with E-state index in [0.717, 1.165) is 38.3 Å². The lowest BCUT2D eigenvalue weighted by atomic mass is 9.84. The van der Waals surface area contributed by atoms with E-state index in [1.807, 2.05) is 6.33 Å². The molecule has 1 aliphatic rings. The lowest BCUT2D eigenvalue weighted by molar-refractivity contribution is 0.131. The molecule has 0 aliphatic heterocycles. The molecule has 0 unspecified atom stereocenters. The van der Waals surface area contributed by atoms with Gasteiger partial charge in [0.15, 0.2) is 0 Å². The Bertz CT molecular complexity index is 831. The maximum atomic E-state index is 5.24. The van der Waals surface area contributed by atoms with Crippen molar-refractivity contribution in [3.63, 3.8) is 0 Å². The molecule has 3 aromatic rings. The third-order valence-electron chi connectivity index (χ3n) is 6.22. The molecule has 0 atom stereocenters. The number of hydrogen-bond donors (Lipinski definition) is 0. The highest BCUT2D eigenvalue weighted by molar-refractivity contribution is 5.17. The van der Waals surface area contributed by atoms with Crippen molar-refractivity contribution in [2.45, 2.75) is 57.3 Å². The molecule has 0 spiro atoms. The van der Waals surface area contributed by atoms with Crippen molar-refractivity contribution in [3.8, 4) is 0 Å². The van der Waals surface area contributed by atoms with E-state index in [9.17, 15) is 0 Å². The SMILES string of the molecule is COCCn1cnnc1C1CCC(N(Cc2ccccc2)Cc2ccccc2)CC1. The van der Waals surface area contributed by atoms with Gasteiger partial charge in [0, 0.05) is 38.7 Å². The smallest absolute Gasteiger partial charge is 0.135 e. The summed E-state index contributed by atoms with van der Waals surface area (Å²) in [5.74, 6) is 1.62. The van der Waals surface area contributed by atoms with Gasteiger partial charge in [0.05, 0.1) is 6.61 Å². The van der Waals surface area contributed by atoms with Crippen LogP contribution in [0.4, 0.5) is 0 Å². The number of ether oxygens (including phenoxy) is 1. The highest BCUT2D eigenvalue weighted by Gasteiger charge is 2.29. The number of aromatic nitrogens is 3. The summed E-state index contributed by atoms with van der Waals surface area (Å²) >= 11 is 0. The Balaban J connectivity index is 1.43. The van der Waals surface area contributed by atoms with Gasteiger partial charge in [0.2, 0.25) is 0 Å². The molecule has 1 saturated carbocycles. The molecule has 158 valence electrons. The monoisotopic (exact) mass is 404 g/mol. The summed E-state index contributed by atoms with van der Waals surface area (Å²) in [6.45, 7) is 3.51. The summed E-state index contributed by atoms with van der Waals surface area (Å²) in [7, 11) is 1.74. The average Bonchev–Trinajstić information content (AvgIpc) is 3.27. The first-order valence-corrected chi connectivity index (χ1v) is 11.0. The van der Waals surface area contributed by atoms with Gasteiger partial charge in [-0.3, -0.25) is 4.90 Å². The number of rotatable bonds is 9. The third kappa shape index (κ3) is 5.35. The normalized spacial score (nSPS) is 19.3. The zero-order valence-corrected chi connectivity index (χ0v) is 17.9. The zero-order valence-electron chi connectivity index (χ0n) is 17.9. The molecule has 0 radical (unpaired) electrons. The standard InChI is InChI=1S/C25H32N4O/c1-30-17-16-28-20-26-27-25(28)23-12-14-24(15-13-23)29(18-21-8-4-2-5-9-21)19-22-10-6-3-7-11-22/h2-11,20,23-24H,12-19H2,1H3. The fraction of sp³-hybridized carbons (Fsp3) is 0.440. The topological polar surface area (TPSA) is 43.2 Å². The molecular weight excluding hydrogens is 372 g/mol. The van der Waals surface area contributed by atoms with Gasteiger partial charge in [-0.15, -0.1) is 10.2 Å². The van der Waals surface area contributed by atoms with E-state index >= 15 is 0 Å². The van der Waals surface area contributed by atoms with Crippen molar-refractivity contribution in [1.82, 2.24) is 19.7 Å². The first-order chi connectivity index (χ1) is 14.8. The molecule has 5 heteroatoms. The maximum absolute atomic E-state index is 5.24. The van der Waals surface area contributed by atoms with Crippen LogP contribution in [0.2, 0.25) is 0 Å². The molecule has 5 nitrogen and oxygen atoms in total. The predicted molar refractivity (Wildman–Crippen MR) is 119 cm³/mol. The van der Waals surface area contributed by atoms with Crippen LogP contribution in [-0.2, 0) is 24.4 Å².